The molecule has 0 radical (unpaired) electrons. The Labute approximate surface area is 101 Å². The van der Waals surface area contributed by atoms with E-state index >= 15 is 0 Å². The van der Waals surface area contributed by atoms with Crippen molar-refractivity contribution in [2.75, 3.05) is 12.3 Å². The molecule has 0 spiro atoms. The maximum atomic E-state index is 11.9. The van der Waals surface area contributed by atoms with E-state index in [2.05, 4.69) is 0 Å². The molecule has 4 nitrogen and oxygen atoms in total. The number of anilines is 1. The molecule has 0 aliphatic carbocycles. The van der Waals surface area contributed by atoms with Gasteiger partial charge in [0.1, 0.15) is 5.75 Å². The van der Waals surface area contributed by atoms with Gasteiger partial charge in [0.05, 0.1) is 12.2 Å². The average molecular weight is 263 g/mol. The number of halogens is 3. The SMILES string of the molecule is Nc1ccc(OCCCC(F)(F)F)cc1C(=O)O. The fourth-order valence-electron chi connectivity index (χ4n) is 1.27. The molecule has 100 valence electrons. The second-order valence-corrected chi connectivity index (χ2v) is 3.62. The number of alkyl halides is 3. The Morgan fingerprint density at radius 3 is 2.61 bits per heavy atom. The topological polar surface area (TPSA) is 72.5 Å². The van der Waals surface area contributed by atoms with E-state index in [-0.39, 0.29) is 30.0 Å². The predicted molar refractivity (Wildman–Crippen MR) is 58.6 cm³/mol. The van der Waals surface area contributed by atoms with Crippen LogP contribution in [0, 0.1) is 0 Å². The van der Waals surface area contributed by atoms with Crippen molar-refractivity contribution in [2.24, 2.45) is 0 Å². The second-order valence-electron chi connectivity index (χ2n) is 3.62. The van der Waals surface area contributed by atoms with Crippen LogP contribution in [0.15, 0.2) is 18.2 Å². The molecule has 1 aromatic rings. The van der Waals surface area contributed by atoms with E-state index < -0.39 is 18.6 Å². The van der Waals surface area contributed by atoms with Crippen molar-refractivity contribution in [2.45, 2.75) is 19.0 Å². The lowest BCUT2D eigenvalue weighted by Crippen LogP contribution is -2.10. The zero-order chi connectivity index (χ0) is 13.8. The highest BCUT2D eigenvalue weighted by molar-refractivity contribution is 5.94. The first-order chi connectivity index (χ1) is 8.29. The first kappa shape index (κ1) is 14.1. The molecule has 0 aliphatic rings. The van der Waals surface area contributed by atoms with Crippen LogP contribution in [0.3, 0.4) is 0 Å². The van der Waals surface area contributed by atoms with Gasteiger partial charge < -0.3 is 15.6 Å². The third-order valence-electron chi connectivity index (χ3n) is 2.13. The van der Waals surface area contributed by atoms with E-state index in [9.17, 15) is 18.0 Å². The maximum absolute atomic E-state index is 11.9. The minimum atomic E-state index is -4.21. The van der Waals surface area contributed by atoms with E-state index in [0.717, 1.165) is 0 Å². The first-order valence-corrected chi connectivity index (χ1v) is 5.12. The number of ether oxygens (including phenoxy) is 1. The third-order valence-corrected chi connectivity index (χ3v) is 2.13. The molecule has 0 fully saturated rings. The summed E-state index contributed by atoms with van der Waals surface area (Å²) in [6.07, 6.45) is -5.33. The summed E-state index contributed by atoms with van der Waals surface area (Å²) in [5, 5.41) is 8.78. The van der Waals surface area contributed by atoms with Crippen molar-refractivity contribution in [3.05, 3.63) is 23.8 Å². The van der Waals surface area contributed by atoms with Crippen LogP contribution in [0.1, 0.15) is 23.2 Å². The van der Waals surface area contributed by atoms with Crippen LogP contribution in [0.5, 0.6) is 5.75 Å². The van der Waals surface area contributed by atoms with Crippen molar-refractivity contribution in [3.8, 4) is 5.75 Å². The maximum Gasteiger partial charge on any atom is 0.389 e. The van der Waals surface area contributed by atoms with E-state index in [0.29, 0.717) is 0 Å². The van der Waals surface area contributed by atoms with Crippen LogP contribution in [0.4, 0.5) is 18.9 Å². The Morgan fingerprint density at radius 2 is 2.06 bits per heavy atom. The van der Waals surface area contributed by atoms with Crippen molar-refractivity contribution in [3.63, 3.8) is 0 Å². The number of nitrogens with two attached hydrogens (primary N) is 1. The molecular formula is C11H12F3NO3. The molecule has 1 rings (SSSR count). The summed E-state index contributed by atoms with van der Waals surface area (Å²) in [4.78, 5) is 10.8. The van der Waals surface area contributed by atoms with Crippen molar-refractivity contribution in [1.82, 2.24) is 0 Å². The van der Waals surface area contributed by atoms with Crippen molar-refractivity contribution >= 4 is 11.7 Å². The van der Waals surface area contributed by atoms with Crippen LogP contribution >= 0.6 is 0 Å². The van der Waals surface area contributed by atoms with Crippen LogP contribution in [-0.4, -0.2) is 23.9 Å². The number of nitrogen functional groups attached to an aromatic ring is 1. The Morgan fingerprint density at radius 1 is 1.39 bits per heavy atom. The summed E-state index contributed by atoms with van der Waals surface area (Å²) in [7, 11) is 0. The van der Waals surface area contributed by atoms with Gasteiger partial charge in [0, 0.05) is 12.1 Å². The van der Waals surface area contributed by atoms with Gasteiger partial charge in [0.15, 0.2) is 0 Å². The molecule has 0 unspecified atom stereocenters. The van der Waals surface area contributed by atoms with Gasteiger partial charge in [0.2, 0.25) is 0 Å². The normalized spacial score (nSPS) is 11.3. The molecule has 0 saturated heterocycles. The van der Waals surface area contributed by atoms with Gasteiger partial charge in [0.25, 0.3) is 0 Å². The number of benzene rings is 1. The van der Waals surface area contributed by atoms with E-state index in [1.165, 1.54) is 18.2 Å². The van der Waals surface area contributed by atoms with Crippen molar-refractivity contribution < 1.29 is 27.8 Å². The number of carboxylic acids is 1. The monoisotopic (exact) mass is 263 g/mol. The lowest BCUT2D eigenvalue weighted by atomic mass is 10.2. The van der Waals surface area contributed by atoms with Crippen LogP contribution < -0.4 is 10.5 Å². The van der Waals surface area contributed by atoms with E-state index in [1.807, 2.05) is 0 Å². The van der Waals surface area contributed by atoms with Gasteiger partial charge in [-0.05, 0) is 24.6 Å². The number of carbonyl (C=O) groups is 1. The summed E-state index contributed by atoms with van der Waals surface area (Å²) < 4.78 is 40.6. The Balaban J connectivity index is 2.53. The number of aromatic carboxylic acids is 1. The number of hydrogen-bond donors (Lipinski definition) is 2. The quantitative estimate of drug-likeness (QED) is 0.632. The van der Waals surface area contributed by atoms with E-state index in [1.54, 1.807) is 0 Å². The van der Waals surface area contributed by atoms with E-state index in [4.69, 9.17) is 15.6 Å². The third kappa shape index (κ3) is 4.52. The molecule has 0 saturated carbocycles. The molecule has 0 atom stereocenters. The molecule has 0 heterocycles. The summed E-state index contributed by atoms with van der Waals surface area (Å²) >= 11 is 0. The predicted octanol–water partition coefficient (Wildman–Crippen LogP) is 2.69. The number of rotatable bonds is 5. The lowest BCUT2D eigenvalue weighted by molar-refractivity contribution is -0.136. The Hall–Kier alpha value is -1.92. The summed E-state index contributed by atoms with van der Waals surface area (Å²) in [6.45, 7) is -0.136. The van der Waals surface area contributed by atoms with Gasteiger partial charge in [-0.2, -0.15) is 13.2 Å². The average Bonchev–Trinajstić information content (AvgIpc) is 2.24. The summed E-state index contributed by atoms with van der Waals surface area (Å²) in [6, 6.07) is 3.93. The largest absolute Gasteiger partial charge is 0.494 e. The van der Waals surface area contributed by atoms with Gasteiger partial charge in [-0.3, -0.25) is 0 Å². The van der Waals surface area contributed by atoms with Gasteiger partial charge in [-0.15, -0.1) is 0 Å². The summed E-state index contributed by atoms with van der Waals surface area (Å²) in [5.74, 6) is -1.03. The van der Waals surface area contributed by atoms with Gasteiger partial charge >= 0.3 is 12.1 Å². The molecule has 7 heteroatoms. The zero-order valence-corrected chi connectivity index (χ0v) is 9.33. The molecule has 0 aliphatic heterocycles. The Kier molecular flexibility index (Phi) is 4.41. The zero-order valence-electron chi connectivity index (χ0n) is 9.33. The molecule has 3 N–H and O–H groups in total. The molecule has 1 aromatic carbocycles. The molecule has 18 heavy (non-hydrogen) atoms. The first-order valence-electron chi connectivity index (χ1n) is 5.12. The minimum Gasteiger partial charge on any atom is -0.494 e. The van der Waals surface area contributed by atoms with Gasteiger partial charge in [-0.1, -0.05) is 0 Å². The second kappa shape index (κ2) is 5.61. The standard InChI is InChI=1S/C11H12F3NO3/c12-11(13,14)4-1-5-18-7-2-3-9(15)8(6-7)10(16)17/h2-3,6H,1,4-5,15H2,(H,16,17). The fraction of sp³-hybridized carbons (Fsp3) is 0.364. The highest BCUT2D eigenvalue weighted by Crippen LogP contribution is 2.23. The molecule has 0 bridgehead atoms. The van der Waals surface area contributed by atoms with Crippen LogP contribution in [0.25, 0.3) is 0 Å². The van der Waals surface area contributed by atoms with Gasteiger partial charge in [-0.25, -0.2) is 4.79 Å². The Bertz CT molecular complexity index is 432. The van der Waals surface area contributed by atoms with Crippen LogP contribution in [-0.2, 0) is 0 Å². The molecular weight excluding hydrogens is 251 g/mol. The molecule has 0 amide bonds. The summed E-state index contributed by atoms with van der Waals surface area (Å²) in [5.41, 5.74) is 5.36. The van der Waals surface area contributed by atoms with Crippen molar-refractivity contribution in [1.29, 1.82) is 0 Å². The lowest BCUT2D eigenvalue weighted by Gasteiger charge is -2.09. The smallest absolute Gasteiger partial charge is 0.389 e. The number of hydrogen-bond acceptors (Lipinski definition) is 3. The fourth-order valence-corrected chi connectivity index (χ4v) is 1.27. The minimum absolute atomic E-state index is 0.0742. The van der Waals surface area contributed by atoms with Crippen LogP contribution in [0.2, 0.25) is 0 Å². The number of carboxylic acid groups (broad SMARTS) is 1. The highest BCUT2D eigenvalue weighted by atomic mass is 19.4. The highest BCUT2D eigenvalue weighted by Gasteiger charge is 2.26. The molecule has 0 aromatic heterocycles.